The summed E-state index contributed by atoms with van der Waals surface area (Å²) in [6.45, 7) is 4.48. The van der Waals surface area contributed by atoms with Crippen molar-refractivity contribution >= 4 is 16.7 Å². The number of nitrogens with zero attached hydrogens (tertiary/aromatic N) is 2. The fourth-order valence-electron chi connectivity index (χ4n) is 3.39. The Hall–Kier alpha value is -3.97. The Morgan fingerprint density at radius 3 is 2.42 bits per heavy atom. The van der Waals surface area contributed by atoms with E-state index in [0.29, 0.717) is 28.4 Å². The highest BCUT2D eigenvalue weighted by Crippen LogP contribution is 2.30. The van der Waals surface area contributed by atoms with Crippen molar-refractivity contribution in [2.24, 2.45) is 0 Å². The van der Waals surface area contributed by atoms with Crippen molar-refractivity contribution < 1.29 is 9.53 Å². The highest BCUT2D eigenvalue weighted by molar-refractivity contribution is 6.08. The van der Waals surface area contributed by atoms with Crippen LogP contribution in [0.3, 0.4) is 0 Å². The van der Waals surface area contributed by atoms with E-state index >= 15 is 0 Å². The molecule has 0 unspecified atom stereocenters. The van der Waals surface area contributed by atoms with Gasteiger partial charge in [-0.15, -0.1) is 6.42 Å². The van der Waals surface area contributed by atoms with E-state index < -0.39 is 0 Å². The summed E-state index contributed by atoms with van der Waals surface area (Å²) < 4.78 is 5.59. The SMILES string of the molecule is C#CCOc1ccc2nc(C(=O)c3ccccc3)nc(-c3ccc(C(C)C)cc3)c2c1. The minimum atomic E-state index is -0.213. The topological polar surface area (TPSA) is 52.1 Å². The highest BCUT2D eigenvalue weighted by atomic mass is 16.5. The van der Waals surface area contributed by atoms with Gasteiger partial charge < -0.3 is 4.74 Å². The van der Waals surface area contributed by atoms with Gasteiger partial charge >= 0.3 is 0 Å². The van der Waals surface area contributed by atoms with Crippen LogP contribution in [0.2, 0.25) is 0 Å². The third kappa shape index (κ3) is 4.31. The number of ketones is 1. The molecule has 0 atom stereocenters. The third-order valence-electron chi connectivity index (χ3n) is 5.08. The molecule has 0 bridgehead atoms. The Labute approximate surface area is 181 Å². The maximum atomic E-state index is 13.1. The van der Waals surface area contributed by atoms with Crippen LogP contribution in [0, 0.1) is 12.3 Å². The summed E-state index contributed by atoms with van der Waals surface area (Å²) in [7, 11) is 0. The number of ether oxygens (including phenoxy) is 1. The maximum absolute atomic E-state index is 13.1. The molecule has 0 fully saturated rings. The Morgan fingerprint density at radius 2 is 1.74 bits per heavy atom. The molecule has 1 heterocycles. The molecule has 1 aromatic heterocycles. The van der Waals surface area contributed by atoms with Gasteiger partial charge in [0.2, 0.25) is 11.6 Å². The summed E-state index contributed by atoms with van der Waals surface area (Å²) in [5.74, 6) is 3.49. The number of carbonyl (C=O) groups excluding carboxylic acids is 1. The van der Waals surface area contributed by atoms with Gasteiger partial charge in [-0.3, -0.25) is 4.79 Å². The van der Waals surface area contributed by atoms with Crippen LogP contribution in [-0.4, -0.2) is 22.4 Å². The first kappa shape index (κ1) is 20.3. The highest BCUT2D eigenvalue weighted by Gasteiger charge is 2.17. The maximum Gasteiger partial charge on any atom is 0.230 e. The van der Waals surface area contributed by atoms with E-state index in [1.165, 1.54) is 5.56 Å². The second kappa shape index (κ2) is 8.81. The molecular formula is C27H22N2O2. The number of fused-ring (bicyclic) bond motifs is 1. The molecule has 0 radical (unpaired) electrons. The average molecular weight is 406 g/mol. The number of terminal acetylenes is 1. The average Bonchev–Trinajstić information content (AvgIpc) is 2.82. The van der Waals surface area contributed by atoms with Gasteiger partial charge in [-0.1, -0.05) is 74.4 Å². The van der Waals surface area contributed by atoms with E-state index in [1.54, 1.807) is 18.2 Å². The van der Waals surface area contributed by atoms with E-state index in [1.807, 2.05) is 42.5 Å². The van der Waals surface area contributed by atoms with Gasteiger partial charge in [-0.05, 0) is 29.7 Å². The molecule has 0 spiro atoms. The summed E-state index contributed by atoms with van der Waals surface area (Å²) in [5.41, 5.74) is 4.06. The second-order valence-corrected chi connectivity index (χ2v) is 7.54. The molecule has 0 aliphatic heterocycles. The zero-order valence-electron chi connectivity index (χ0n) is 17.5. The van der Waals surface area contributed by atoms with Crippen LogP contribution < -0.4 is 4.74 Å². The zero-order chi connectivity index (χ0) is 21.8. The Kier molecular flexibility index (Phi) is 5.77. The van der Waals surface area contributed by atoms with Crippen molar-refractivity contribution in [1.29, 1.82) is 0 Å². The first-order valence-corrected chi connectivity index (χ1v) is 10.1. The summed E-state index contributed by atoms with van der Waals surface area (Å²) in [6.07, 6.45) is 5.32. The number of carbonyl (C=O) groups is 1. The lowest BCUT2D eigenvalue weighted by Gasteiger charge is -2.12. The van der Waals surface area contributed by atoms with E-state index in [4.69, 9.17) is 11.2 Å². The number of hydrogen-bond donors (Lipinski definition) is 0. The van der Waals surface area contributed by atoms with Crippen molar-refractivity contribution in [1.82, 2.24) is 9.97 Å². The van der Waals surface area contributed by atoms with Gasteiger partial charge in [-0.2, -0.15) is 0 Å². The molecule has 0 N–H and O–H groups in total. The van der Waals surface area contributed by atoms with E-state index in [0.717, 1.165) is 10.9 Å². The molecule has 0 saturated heterocycles. The minimum Gasteiger partial charge on any atom is -0.481 e. The molecule has 4 rings (SSSR count). The standard InChI is InChI=1S/C27H22N2O2/c1-4-16-31-22-14-15-24-23(17-22)25(20-12-10-19(11-13-20)18(2)3)29-27(28-24)26(30)21-8-6-5-7-9-21/h1,5-15,17-18H,16H2,2-3H3. The van der Waals surface area contributed by atoms with Crippen molar-refractivity contribution in [2.75, 3.05) is 6.61 Å². The van der Waals surface area contributed by atoms with Gasteiger partial charge in [0.25, 0.3) is 0 Å². The molecule has 0 aliphatic carbocycles. The molecular weight excluding hydrogens is 384 g/mol. The molecule has 0 saturated carbocycles. The van der Waals surface area contributed by atoms with Crippen LogP contribution >= 0.6 is 0 Å². The van der Waals surface area contributed by atoms with E-state index in [2.05, 4.69) is 41.9 Å². The predicted octanol–water partition coefficient (Wildman–Crippen LogP) is 5.66. The Balaban J connectivity index is 1.88. The first-order valence-electron chi connectivity index (χ1n) is 10.1. The van der Waals surface area contributed by atoms with Crippen LogP contribution in [-0.2, 0) is 0 Å². The van der Waals surface area contributed by atoms with Crippen LogP contribution in [0.5, 0.6) is 5.75 Å². The van der Waals surface area contributed by atoms with Gasteiger partial charge in [0, 0.05) is 16.5 Å². The van der Waals surface area contributed by atoms with Crippen molar-refractivity contribution in [3.63, 3.8) is 0 Å². The predicted molar refractivity (Wildman–Crippen MR) is 123 cm³/mol. The van der Waals surface area contributed by atoms with Gasteiger partial charge in [0.1, 0.15) is 12.4 Å². The zero-order valence-corrected chi connectivity index (χ0v) is 17.5. The molecule has 0 amide bonds. The van der Waals surface area contributed by atoms with Crippen LogP contribution in [0.4, 0.5) is 0 Å². The molecule has 4 aromatic rings. The molecule has 31 heavy (non-hydrogen) atoms. The lowest BCUT2D eigenvalue weighted by Crippen LogP contribution is -2.08. The number of benzene rings is 3. The number of hydrogen-bond acceptors (Lipinski definition) is 4. The lowest BCUT2D eigenvalue weighted by molar-refractivity contribution is 0.103. The fourth-order valence-corrected chi connectivity index (χ4v) is 3.39. The third-order valence-corrected chi connectivity index (χ3v) is 5.08. The second-order valence-electron chi connectivity index (χ2n) is 7.54. The Bertz CT molecular complexity index is 1270. The number of rotatable bonds is 6. The largest absolute Gasteiger partial charge is 0.481 e. The molecule has 4 nitrogen and oxygen atoms in total. The van der Waals surface area contributed by atoms with Crippen molar-refractivity contribution in [3.8, 4) is 29.4 Å². The molecule has 4 heteroatoms. The Morgan fingerprint density at radius 1 is 1.00 bits per heavy atom. The smallest absolute Gasteiger partial charge is 0.230 e. The van der Waals surface area contributed by atoms with E-state index in [-0.39, 0.29) is 18.2 Å². The molecule has 0 aliphatic rings. The van der Waals surface area contributed by atoms with Crippen LogP contribution in [0.25, 0.3) is 22.2 Å². The minimum absolute atomic E-state index is 0.166. The van der Waals surface area contributed by atoms with Gasteiger partial charge in [0.15, 0.2) is 0 Å². The normalized spacial score (nSPS) is 10.8. The van der Waals surface area contributed by atoms with Crippen LogP contribution in [0.1, 0.15) is 41.5 Å². The summed E-state index contributed by atoms with van der Waals surface area (Å²) in [6, 6.07) is 22.8. The summed E-state index contributed by atoms with van der Waals surface area (Å²) in [5, 5.41) is 0.802. The van der Waals surface area contributed by atoms with Gasteiger partial charge in [0.05, 0.1) is 11.2 Å². The van der Waals surface area contributed by atoms with Crippen molar-refractivity contribution in [3.05, 3.63) is 89.7 Å². The molecule has 3 aromatic carbocycles. The van der Waals surface area contributed by atoms with Gasteiger partial charge in [-0.25, -0.2) is 9.97 Å². The number of aromatic nitrogens is 2. The molecule has 152 valence electrons. The lowest BCUT2D eigenvalue weighted by atomic mass is 9.99. The quantitative estimate of drug-likeness (QED) is 0.306. The fraction of sp³-hybridized carbons (Fsp3) is 0.148. The van der Waals surface area contributed by atoms with Crippen molar-refractivity contribution in [2.45, 2.75) is 19.8 Å². The monoisotopic (exact) mass is 406 g/mol. The van der Waals surface area contributed by atoms with Crippen LogP contribution in [0.15, 0.2) is 72.8 Å². The first-order chi connectivity index (χ1) is 15.1. The summed E-state index contributed by atoms with van der Waals surface area (Å²) >= 11 is 0. The summed E-state index contributed by atoms with van der Waals surface area (Å²) in [4.78, 5) is 22.3. The van der Waals surface area contributed by atoms with E-state index in [9.17, 15) is 4.79 Å².